The fraction of sp³-hybridized carbons (Fsp3) is 0.750. The van der Waals surface area contributed by atoms with Crippen molar-refractivity contribution < 1.29 is 0 Å². The molecule has 0 amide bonds. The van der Waals surface area contributed by atoms with Gasteiger partial charge in [0.05, 0.1) is 0 Å². The van der Waals surface area contributed by atoms with Gasteiger partial charge in [0, 0.05) is 11.3 Å². The van der Waals surface area contributed by atoms with Crippen LogP contribution in [0.15, 0.2) is 0 Å². The number of thioether (sulfide) groups is 1. The summed E-state index contributed by atoms with van der Waals surface area (Å²) in [6.07, 6.45) is 6.05. The lowest BCUT2D eigenvalue weighted by Crippen LogP contribution is -2.40. The maximum Gasteiger partial charge on any atom is 0.243 e. The molecule has 78 valence electrons. The maximum atomic E-state index is 5.42. The largest absolute Gasteiger partial charge is 0.368 e. The zero-order valence-corrected chi connectivity index (χ0v) is 9.02. The van der Waals surface area contributed by atoms with Crippen molar-refractivity contribution in [3.63, 3.8) is 0 Å². The van der Waals surface area contributed by atoms with Gasteiger partial charge in [0.15, 0.2) is 0 Å². The van der Waals surface area contributed by atoms with E-state index >= 15 is 0 Å². The Bertz CT molecular complexity index is 301. The number of rotatable bonds is 4. The molecule has 0 aliphatic heterocycles. The summed E-state index contributed by atoms with van der Waals surface area (Å²) in [5, 5.41) is 9.74. The number of nitrogens with zero attached hydrogens (tertiary/aromatic N) is 2. The standard InChI is InChI=1S/C8H15N5S/c1-14-8(3-2-4-8)5-10-7-11-6(9)12-13-7/h2-5H2,1H3,(H4,9,10,11,12,13). The predicted molar refractivity (Wildman–Crippen MR) is 59.4 cm³/mol. The first-order chi connectivity index (χ1) is 6.74. The molecule has 1 fully saturated rings. The minimum atomic E-state index is 0.360. The molecule has 1 aliphatic rings. The van der Waals surface area contributed by atoms with Crippen molar-refractivity contribution in [1.82, 2.24) is 15.2 Å². The van der Waals surface area contributed by atoms with Crippen LogP contribution in [-0.4, -0.2) is 32.7 Å². The number of aromatic amines is 1. The van der Waals surface area contributed by atoms with Crippen LogP contribution in [0.2, 0.25) is 0 Å². The Hall–Kier alpha value is -0.910. The Balaban J connectivity index is 1.87. The second kappa shape index (κ2) is 3.68. The molecule has 2 rings (SSSR count). The van der Waals surface area contributed by atoms with Crippen LogP contribution in [0, 0.1) is 0 Å². The zero-order chi connectivity index (χ0) is 10.0. The molecule has 0 saturated heterocycles. The summed E-state index contributed by atoms with van der Waals surface area (Å²) in [5.74, 6) is 0.960. The van der Waals surface area contributed by atoms with E-state index in [0.29, 0.717) is 16.6 Å². The first-order valence-corrected chi connectivity index (χ1v) is 5.93. The molecular formula is C8H15N5S. The van der Waals surface area contributed by atoms with Gasteiger partial charge in [-0.1, -0.05) is 6.42 Å². The van der Waals surface area contributed by atoms with Crippen molar-refractivity contribution in [2.24, 2.45) is 0 Å². The second-order valence-corrected chi connectivity index (χ2v) is 4.91. The third kappa shape index (κ3) is 1.79. The molecule has 6 heteroatoms. The molecule has 14 heavy (non-hydrogen) atoms. The number of nitrogens with one attached hydrogen (secondary N) is 2. The number of nitrogens with two attached hydrogens (primary N) is 1. The minimum absolute atomic E-state index is 0.360. The molecule has 1 aromatic rings. The lowest BCUT2D eigenvalue weighted by molar-refractivity contribution is 0.379. The van der Waals surface area contributed by atoms with Crippen LogP contribution in [-0.2, 0) is 0 Å². The van der Waals surface area contributed by atoms with E-state index in [0.717, 1.165) is 6.54 Å². The van der Waals surface area contributed by atoms with E-state index in [1.54, 1.807) is 0 Å². The van der Waals surface area contributed by atoms with Crippen LogP contribution in [0.1, 0.15) is 19.3 Å². The molecule has 0 bridgehead atoms. The van der Waals surface area contributed by atoms with Crippen molar-refractivity contribution >= 4 is 23.7 Å². The quantitative estimate of drug-likeness (QED) is 0.697. The molecule has 1 heterocycles. The van der Waals surface area contributed by atoms with Crippen LogP contribution in [0.4, 0.5) is 11.9 Å². The Kier molecular flexibility index (Phi) is 2.54. The van der Waals surface area contributed by atoms with Crippen LogP contribution < -0.4 is 11.1 Å². The number of anilines is 2. The van der Waals surface area contributed by atoms with Gasteiger partial charge in [-0.3, -0.25) is 0 Å². The minimum Gasteiger partial charge on any atom is -0.368 e. The number of hydrogen-bond donors (Lipinski definition) is 3. The average Bonchev–Trinajstić information content (AvgIpc) is 2.50. The lowest BCUT2D eigenvalue weighted by atomic mass is 9.84. The summed E-state index contributed by atoms with van der Waals surface area (Å²) in [6, 6.07) is 0. The average molecular weight is 213 g/mol. The van der Waals surface area contributed by atoms with Crippen molar-refractivity contribution in [2.45, 2.75) is 24.0 Å². The highest BCUT2D eigenvalue weighted by Gasteiger charge is 2.35. The molecular weight excluding hydrogens is 198 g/mol. The molecule has 1 aliphatic carbocycles. The van der Waals surface area contributed by atoms with Gasteiger partial charge >= 0.3 is 0 Å². The Labute approximate surface area is 87.2 Å². The van der Waals surface area contributed by atoms with Gasteiger partial charge in [-0.2, -0.15) is 16.7 Å². The number of nitrogen functional groups attached to an aromatic ring is 1. The summed E-state index contributed by atoms with van der Waals surface area (Å²) >= 11 is 1.93. The van der Waals surface area contributed by atoms with Crippen molar-refractivity contribution in [3.8, 4) is 0 Å². The first-order valence-electron chi connectivity index (χ1n) is 4.71. The van der Waals surface area contributed by atoms with Crippen molar-refractivity contribution in [3.05, 3.63) is 0 Å². The number of aromatic nitrogens is 3. The molecule has 0 spiro atoms. The molecule has 0 atom stereocenters. The molecule has 0 radical (unpaired) electrons. The Morgan fingerprint density at radius 1 is 1.64 bits per heavy atom. The Morgan fingerprint density at radius 2 is 2.43 bits per heavy atom. The van der Waals surface area contributed by atoms with Crippen LogP contribution in [0.5, 0.6) is 0 Å². The normalized spacial score (nSPS) is 18.9. The topological polar surface area (TPSA) is 79.6 Å². The summed E-state index contributed by atoms with van der Waals surface area (Å²) in [7, 11) is 0. The molecule has 0 unspecified atom stereocenters. The van der Waals surface area contributed by atoms with Crippen LogP contribution in [0.25, 0.3) is 0 Å². The van der Waals surface area contributed by atoms with Gasteiger partial charge in [0.1, 0.15) is 0 Å². The second-order valence-electron chi connectivity index (χ2n) is 3.64. The van der Waals surface area contributed by atoms with Crippen LogP contribution >= 0.6 is 11.8 Å². The summed E-state index contributed by atoms with van der Waals surface area (Å²) in [5.41, 5.74) is 5.42. The van der Waals surface area contributed by atoms with Gasteiger partial charge in [-0.25, -0.2) is 5.10 Å². The van der Waals surface area contributed by atoms with E-state index in [-0.39, 0.29) is 0 Å². The van der Waals surface area contributed by atoms with Gasteiger partial charge in [0.25, 0.3) is 0 Å². The van der Waals surface area contributed by atoms with E-state index in [1.807, 2.05) is 11.8 Å². The highest BCUT2D eigenvalue weighted by Crippen LogP contribution is 2.42. The first kappa shape index (κ1) is 9.64. The molecule has 1 saturated carbocycles. The molecule has 0 aromatic carbocycles. The highest BCUT2D eigenvalue weighted by molar-refractivity contribution is 8.00. The summed E-state index contributed by atoms with van der Waals surface area (Å²) in [4.78, 5) is 4.00. The van der Waals surface area contributed by atoms with E-state index in [2.05, 4.69) is 26.8 Å². The smallest absolute Gasteiger partial charge is 0.243 e. The van der Waals surface area contributed by atoms with Crippen molar-refractivity contribution in [1.29, 1.82) is 0 Å². The van der Waals surface area contributed by atoms with Gasteiger partial charge in [-0.15, -0.1) is 5.10 Å². The van der Waals surface area contributed by atoms with Gasteiger partial charge in [-0.05, 0) is 19.1 Å². The summed E-state index contributed by atoms with van der Waals surface area (Å²) in [6.45, 7) is 0.922. The number of hydrogen-bond acceptors (Lipinski definition) is 5. The fourth-order valence-electron chi connectivity index (χ4n) is 1.62. The fourth-order valence-corrected chi connectivity index (χ4v) is 2.53. The van der Waals surface area contributed by atoms with Gasteiger partial charge in [0.2, 0.25) is 11.9 Å². The van der Waals surface area contributed by atoms with E-state index in [9.17, 15) is 0 Å². The Morgan fingerprint density at radius 3 is 2.86 bits per heavy atom. The van der Waals surface area contributed by atoms with Crippen molar-refractivity contribution in [2.75, 3.05) is 23.9 Å². The maximum absolute atomic E-state index is 5.42. The van der Waals surface area contributed by atoms with Crippen LogP contribution in [0.3, 0.4) is 0 Å². The van der Waals surface area contributed by atoms with E-state index in [1.165, 1.54) is 19.3 Å². The van der Waals surface area contributed by atoms with E-state index in [4.69, 9.17) is 5.73 Å². The predicted octanol–water partition coefficient (Wildman–Crippen LogP) is 1.08. The van der Waals surface area contributed by atoms with E-state index < -0.39 is 0 Å². The molecule has 5 nitrogen and oxygen atoms in total. The molecule has 1 aromatic heterocycles. The zero-order valence-electron chi connectivity index (χ0n) is 8.21. The third-order valence-electron chi connectivity index (χ3n) is 2.77. The third-order valence-corrected chi connectivity index (χ3v) is 4.19. The lowest BCUT2D eigenvalue weighted by Gasteiger charge is -2.40. The van der Waals surface area contributed by atoms with Gasteiger partial charge < -0.3 is 11.1 Å². The summed E-state index contributed by atoms with van der Waals surface area (Å²) < 4.78 is 0.398. The SMILES string of the molecule is CSC1(CNc2n[nH]c(N)n2)CCC1. The number of H-pyrrole nitrogens is 1. The monoisotopic (exact) mass is 213 g/mol. The molecule has 4 N–H and O–H groups in total. The highest BCUT2D eigenvalue weighted by atomic mass is 32.2.